The summed E-state index contributed by atoms with van der Waals surface area (Å²) in [6.07, 6.45) is 7.32. The highest BCUT2D eigenvalue weighted by atomic mass is 16.5. The van der Waals surface area contributed by atoms with Crippen molar-refractivity contribution in [1.29, 1.82) is 0 Å². The number of hydrogen-bond acceptors (Lipinski definition) is 5. The van der Waals surface area contributed by atoms with Gasteiger partial charge in [-0.25, -0.2) is 0 Å². The van der Waals surface area contributed by atoms with E-state index in [-0.39, 0.29) is 12.2 Å². The Labute approximate surface area is 149 Å². The normalized spacial score (nSPS) is 29.3. The van der Waals surface area contributed by atoms with Gasteiger partial charge in [0, 0.05) is 12.6 Å². The molecule has 0 unspecified atom stereocenters. The molecule has 4 rings (SSSR count). The van der Waals surface area contributed by atoms with Crippen molar-refractivity contribution < 1.29 is 9.26 Å². The van der Waals surface area contributed by atoms with Crippen molar-refractivity contribution in [1.82, 2.24) is 15.5 Å². The van der Waals surface area contributed by atoms with Crippen molar-refractivity contribution in [2.24, 2.45) is 5.92 Å². The minimum atomic E-state index is -0.0308. The van der Waals surface area contributed by atoms with Crippen molar-refractivity contribution >= 4 is 0 Å². The number of aryl methyl sites for hydroxylation is 1. The van der Waals surface area contributed by atoms with Gasteiger partial charge in [0.25, 0.3) is 5.89 Å². The Balaban J connectivity index is 1.26. The van der Waals surface area contributed by atoms with E-state index in [0.29, 0.717) is 17.8 Å². The maximum absolute atomic E-state index is 6.12. The minimum absolute atomic E-state index is 0.0308. The standard InChI is InChI=1S/C20H27N3O2/c1-14-22-20(25-23-14)19-11-10-17(24-19)13-21-18-9-5-8-16(18)12-15-6-3-2-4-7-15/h2-4,6-7,16-19,21H,5,8-13H2,1H3/t16-,17+,18-,19-/m0/s1. The minimum Gasteiger partial charge on any atom is -0.364 e. The topological polar surface area (TPSA) is 60.2 Å². The second-order valence-electron chi connectivity index (χ2n) is 7.40. The fourth-order valence-electron chi connectivity index (χ4n) is 4.23. The van der Waals surface area contributed by atoms with E-state index in [2.05, 4.69) is 45.8 Å². The van der Waals surface area contributed by atoms with Gasteiger partial charge in [0.15, 0.2) is 5.82 Å². The van der Waals surface area contributed by atoms with Gasteiger partial charge in [-0.3, -0.25) is 0 Å². The summed E-state index contributed by atoms with van der Waals surface area (Å²) in [6, 6.07) is 11.5. The van der Waals surface area contributed by atoms with E-state index in [9.17, 15) is 0 Å². The molecule has 2 aromatic rings. The van der Waals surface area contributed by atoms with Gasteiger partial charge in [-0.2, -0.15) is 4.98 Å². The molecule has 1 N–H and O–H groups in total. The van der Waals surface area contributed by atoms with E-state index in [1.165, 1.54) is 31.2 Å². The maximum atomic E-state index is 6.12. The summed E-state index contributed by atoms with van der Waals surface area (Å²) in [6.45, 7) is 2.76. The number of ether oxygens (including phenoxy) is 1. The monoisotopic (exact) mass is 341 g/mol. The summed E-state index contributed by atoms with van der Waals surface area (Å²) in [7, 11) is 0. The van der Waals surface area contributed by atoms with Crippen LogP contribution >= 0.6 is 0 Å². The van der Waals surface area contributed by atoms with Crippen LogP contribution in [0, 0.1) is 12.8 Å². The molecule has 5 nitrogen and oxygen atoms in total. The molecular weight excluding hydrogens is 314 g/mol. The van der Waals surface area contributed by atoms with Crippen molar-refractivity contribution in [2.75, 3.05) is 6.54 Å². The smallest absolute Gasteiger partial charge is 0.255 e. The third kappa shape index (κ3) is 4.10. The number of hydrogen-bond donors (Lipinski definition) is 1. The van der Waals surface area contributed by atoms with Crippen LogP contribution in [0.1, 0.15) is 55.5 Å². The molecule has 0 amide bonds. The molecule has 1 aliphatic heterocycles. The largest absolute Gasteiger partial charge is 0.364 e. The Morgan fingerprint density at radius 1 is 1.12 bits per heavy atom. The highest BCUT2D eigenvalue weighted by Crippen LogP contribution is 2.33. The van der Waals surface area contributed by atoms with E-state index in [4.69, 9.17) is 9.26 Å². The van der Waals surface area contributed by atoms with Crippen molar-refractivity contribution in [3.63, 3.8) is 0 Å². The molecule has 1 saturated carbocycles. The van der Waals surface area contributed by atoms with Gasteiger partial charge in [-0.15, -0.1) is 0 Å². The molecule has 2 aliphatic rings. The first-order valence-corrected chi connectivity index (χ1v) is 9.51. The lowest BCUT2D eigenvalue weighted by molar-refractivity contribution is 0.0246. The second-order valence-corrected chi connectivity index (χ2v) is 7.40. The van der Waals surface area contributed by atoms with E-state index < -0.39 is 0 Å². The van der Waals surface area contributed by atoms with E-state index in [1.807, 2.05) is 6.92 Å². The van der Waals surface area contributed by atoms with Crippen molar-refractivity contribution in [2.45, 2.75) is 63.7 Å². The molecule has 1 aromatic heterocycles. The molecular formula is C20H27N3O2. The summed E-state index contributed by atoms with van der Waals surface area (Å²) in [5.41, 5.74) is 1.45. The molecule has 1 aromatic carbocycles. The highest BCUT2D eigenvalue weighted by Gasteiger charge is 2.32. The van der Waals surface area contributed by atoms with E-state index >= 15 is 0 Å². The molecule has 4 atom stereocenters. The predicted molar refractivity (Wildman–Crippen MR) is 95.2 cm³/mol. The van der Waals surface area contributed by atoms with Crippen LogP contribution in [0.3, 0.4) is 0 Å². The Morgan fingerprint density at radius 3 is 2.80 bits per heavy atom. The van der Waals surface area contributed by atoms with Crippen molar-refractivity contribution in [3.8, 4) is 0 Å². The molecule has 1 saturated heterocycles. The predicted octanol–water partition coefficient (Wildman–Crippen LogP) is 3.60. The van der Waals surface area contributed by atoms with Crippen LogP contribution in [0.4, 0.5) is 0 Å². The Bertz CT molecular complexity index is 673. The van der Waals surface area contributed by atoms with Gasteiger partial charge in [-0.05, 0) is 50.5 Å². The third-order valence-electron chi connectivity index (χ3n) is 5.53. The van der Waals surface area contributed by atoms with E-state index in [1.54, 1.807) is 0 Å². The number of rotatable bonds is 6. The zero-order valence-corrected chi connectivity index (χ0v) is 14.9. The summed E-state index contributed by atoms with van der Waals surface area (Å²) in [5, 5.41) is 7.64. The van der Waals surface area contributed by atoms with Crippen LogP contribution in [0.25, 0.3) is 0 Å². The number of benzene rings is 1. The quantitative estimate of drug-likeness (QED) is 0.870. The van der Waals surface area contributed by atoms with Crippen LogP contribution in [0.5, 0.6) is 0 Å². The Kier molecular flexibility index (Phi) is 5.13. The first-order chi connectivity index (χ1) is 12.3. The van der Waals surface area contributed by atoms with Crippen LogP contribution in [0.15, 0.2) is 34.9 Å². The summed E-state index contributed by atoms with van der Waals surface area (Å²) in [5.74, 6) is 2.04. The molecule has 25 heavy (non-hydrogen) atoms. The van der Waals surface area contributed by atoms with E-state index in [0.717, 1.165) is 25.3 Å². The summed E-state index contributed by atoms with van der Waals surface area (Å²) >= 11 is 0. The van der Waals surface area contributed by atoms with Gasteiger partial charge in [0.05, 0.1) is 6.10 Å². The highest BCUT2D eigenvalue weighted by molar-refractivity contribution is 5.16. The molecule has 134 valence electrons. The van der Waals surface area contributed by atoms with Gasteiger partial charge in [-0.1, -0.05) is 41.9 Å². The number of nitrogens with zero attached hydrogens (tertiary/aromatic N) is 2. The summed E-state index contributed by atoms with van der Waals surface area (Å²) in [4.78, 5) is 4.30. The van der Waals surface area contributed by atoms with Gasteiger partial charge < -0.3 is 14.6 Å². The lowest BCUT2D eigenvalue weighted by Gasteiger charge is -2.23. The molecule has 1 aliphatic carbocycles. The number of nitrogens with one attached hydrogen (secondary N) is 1. The molecule has 0 radical (unpaired) electrons. The average Bonchev–Trinajstić information content (AvgIpc) is 3.35. The van der Waals surface area contributed by atoms with Gasteiger partial charge >= 0.3 is 0 Å². The molecule has 5 heteroatoms. The maximum Gasteiger partial charge on any atom is 0.255 e. The second kappa shape index (κ2) is 7.67. The lowest BCUT2D eigenvalue weighted by atomic mass is 9.94. The van der Waals surface area contributed by atoms with Gasteiger partial charge in [0.1, 0.15) is 6.10 Å². The fourth-order valence-corrected chi connectivity index (χ4v) is 4.23. The Hall–Kier alpha value is -1.72. The summed E-state index contributed by atoms with van der Waals surface area (Å²) < 4.78 is 11.4. The fraction of sp³-hybridized carbons (Fsp3) is 0.600. The molecule has 2 heterocycles. The van der Waals surface area contributed by atoms with Crippen LogP contribution in [-0.2, 0) is 11.2 Å². The SMILES string of the molecule is Cc1noc([C@@H]2CC[C@H](CN[C@H]3CCC[C@H]3Cc3ccccc3)O2)n1. The first-order valence-electron chi connectivity index (χ1n) is 9.51. The molecule has 2 fully saturated rings. The van der Waals surface area contributed by atoms with Gasteiger partial charge in [0.2, 0.25) is 0 Å². The molecule has 0 bridgehead atoms. The zero-order valence-electron chi connectivity index (χ0n) is 14.9. The van der Waals surface area contributed by atoms with Crippen LogP contribution < -0.4 is 5.32 Å². The third-order valence-corrected chi connectivity index (χ3v) is 5.53. The average molecular weight is 341 g/mol. The zero-order chi connectivity index (χ0) is 17.1. The Morgan fingerprint density at radius 2 is 2.00 bits per heavy atom. The van der Waals surface area contributed by atoms with Crippen molar-refractivity contribution in [3.05, 3.63) is 47.6 Å². The van der Waals surface area contributed by atoms with Crippen LogP contribution in [-0.4, -0.2) is 28.8 Å². The van der Waals surface area contributed by atoms with Crippen LogP contribution in [0.2, 0.25) is 0 Å². The molecule has 0 spiro atoms. The lowest BCUT2D eigenvalue weighted by Crippen LogP contribution is -2.38. The first kappa shape index (κ1) is 16.7. The number of aromatic nitrogens is 2.